The SMILES string of the molecule is C[C@H](O)C[C@H](CNC(=O)N1CC(C)(C)OC(C)(C)C1)c1ccccc1. The van der Waals surface area contributed by atoms with E-state index in [-0.39, 0.29) is 23.2 Å². The Labute approximate surface area is 151 Å². The van der Waals surface area contributed by atoms with E-state index in [4.69, 9.17) is 4.74 Å². The molecule has 0 saturated carbocycles. The zero-order valence-electron chi connectivity index (χ0n) is 16.1. The van der Waals surface area contributed by atoms with Gasteiger partial charge in [0.1, 0.15) is 0 Å². The Bertz CT molecular complexity index is 554. The third kappa shape index (κ3) is 6.01. The van der Waals surface area contributed by atoms with Gasteiger partial charge in [0.05, 0.1) is 30.4 Å². The van der Waals surface area contributed by atoms with E-state index in [0.717, 1.165) is 5.56 Å². The fourth-order valence-corrected chi connectivity index (χ4v) is 3.73. The highest BCUT2D eigenvalue weighted by atomic mass is 16.5. The van der Waals surface area contributed by atoms with Crippen LogP contribution < -0.4 is 5.32 Å². The van der Waals surface area contributed by atoms with Crippen molar-refractivity contribution in [1.29, 1.82) is 0 Å². The van der Waals surface area contributed by atoms with Gasteiger partial charge in [0.2, 0.25) is 0 Å². The van der Waals surface area contributed by atoms with E-state index < -0.39 is 6.10 Å². The lowest BCUT2D eigenvalue weighted by atomic mass is 9.93. The topological polar surface area (TPSA) is 61.8 Å². The highest BCUT2D eigenvalue weighted by Gasteiger charge is 2.40. The van der Waals surface area contributed by atoms with E-state index >= 15 is 0 Å². The molecule has 0 aliphatic carbocycles. The standard InChI is InChI=1S/C20H32N2O3/c1-15(23)11-17(16-9-7-6-8-10-16)12-21-18(24)22-13-19(2,3)25-20(4,5)14-22/h6-10,15,17,23H,11-14H2,1-5H3,(H,21,24)/t15-,17+/m0/s1. The highest BCUT2D eigenvalue weighted by Crippen LogP contribution is 2.28. The third-order valence-electron chi connectivity index (χ3n) is 4.38. The Morgan fingerprint density at radius 2 is 1.76 bits per heavy atom. The van der Waals surface area contributed by atoms with Crippen molar-refractivity contribution in [1.82, 2.24) is 10.2 Å². The monoisotopic (exact) mass is 348 g/mol. The summed E-state index contributed by atoms with van der Waals surface area (Å²) in [6, 6.07) is 9.95. The average Bonchev–Trinajstić information content (AvgIpc) is 2.48. The number of rotatable bonds is 5. The minimum atomic E-state index is -0.414. The molecular formula is C20H32N2O3. The van der Waals surface area contributed by atoms with E-state index in [9.17, 15) is 9.90 Å². The van der Waals surface area contributed by atoms with Crippen LogP contribution in [0.1, 0.15) is 52.5 Å². The van der Waals surface area contributed by atoms with Crippen LogP contribution in [0.25, 0.3) is 0 Å². The Morgan fingerprint density at radius 3 is 2.28 bits per heavy atom. The van der Waals surface area contributed by atoms with E-state index in [1.54, 1.807) is 6.92 Å². The van der Waals surface area contributed by atoms with Crippen LogP contribution in [0.5, 0.6) is 0 Å². The van der Waals surface area contributed by atoms with Gasteiger partial charge in [-0.2, -0.15) is 0 Å². The van der Waals surface area contributed by atoms with Gasteiger partial charge >= 0.3 is 6.03 Å². The van der Waals surface area contributed by atoms with Gasteiger partial charge in [-0.1, -0.05) is 30.3 Å². The zero-order valence-corrected chi connectivity index (χ0v) is 16.1. The molecular weight excluding hydrogens is 316 g/mol. The molecule has 1 aliphatic heterocycles. The summed E-state index contributed by atoms with van der Waals surface area (Å²) in [6.07, 6.45) is 0.202. The predicted octanol–water partition coefficient (Wildman–Crippen LogP) is 3.14. The number of benzene rings is 1. The van der Waals surface area contributed by atoms with Crippen molar-refractivity contribution in [2.45, 2.75) is 64.3 Å². The maximum atomic E-state index is 12.7. The van der Waals surface area contributed by atoms with Crippen molar-refractivity contribution in [2.24, 2.45) is 0 Å². The minimum absolute atomic E-state index is 0.0732. The van der Waals surface area contributed by atoms with Crippen LogP contribution >= 0.6 is 0 Å². The Morgan fingerprint density at radius 1 is 1.20 bits per heavy atom. The van der Waals surface area contributed by atoms with Gasteiger partial charge in [0, 0.05) is 12.5 Å². The van der Waals surface area contributed by atoms with E-state index in [1.807, 2.05) is 62.9 Å². The molecule has 2 rings (SSSR count). The number of amides is 2. The Hall–Kier alpha value is -1.59. The summed E-state index contributed by atoms with van der Waals surface area (Å²) in [7, 11) is 0. The van der Waals surface area contributed by atoms with E-state index in [0.29, 0.717) is 26.1 Å². The van der Waals surface area contributed by atoms with Crippen molar-refractivity contribution >= 4 is 6.03 Å². The van der Waals surface area contributed by atoms with Crippen molar-refractivity contribution in [2.75, 3.05) is 19.6 Å². The summed E-state index contributed by atoms with van der Waals surface area (Å²) in [6.45, 7) is 11.5. The molecule has 1 aliphatic rings. The number of carbonyl (C=O) groups excluding carboxylic acids is 1. The highest BCUT2D eigenvalue weighted by molar-refractivity contribution is 5.74. The maximum absolute atomic E-state index is 12.7. The molecule has 0 spiro atoms. The molecule has 140 valence electrons. The molecule has 0 radical (unpaired) electrons. The number of ether oxygens (including phenoxy) is 1. The normalized spacial score (nSPS) is 21.4. The lowest BCUT2D eigenvalue weighted by Gasteiger charge is -2.47. The summed E-state index contributed by atoms with van der Waals surface area (Å²) < 4.78 is 6.03. The first-order valence-corrected chi connectivity index (χ1v) is 9.04. The van der Waals surface area contributed by atoms with Crippen molar-refractivity contribution in [3.8, 4) is 0 Å². The fourth-order valence-electron chi connectivity index (χ4n) is 3.73. The molecule has 0 bridgehead atoms. The molecule has 1 aromatic rings. The molecule has 2 amide bonds. The van der Waals surface area contributed by atoms with E-state index in [1.165, 1.54) is 0 Å². The van der Waals surface area contributed by atoms with Crippen LogP contribution in [-0.2, 0) is 4.74 Å². The van der Waals surface area contributed by atoms with Crippen molar-refractivity contribution in [3.05, 3.63) is 35.9 Å². The number of hydrogen-bond donors (Lipinski definition) is 2. The quantitative estimate of drug-likeness (QED) is 0.859. The summed E-state index contributed by atoms with van der Waals surface area (Å²) in [4.78, 5) is 14.5. The van der Waals surface area contributed by atoms with Gasteiger partial charge in [0.25, 0.3) is 0 Å². The second-order valence-electron chi connectivity index (χ2n) is 8.36. The number of carbonyl (C=O) groups is 1. The van der Waals surface area contributed by atoms with Gasteiger partial charge < -0.3 is 20.1 Å². The van der Waals surface area contributed by atoms with Crippen LogP contribution in [0, 0.1) is 0 Å². The zero-order chi connectivity index (χ0) is 18.7. The number of aliphatic hydroxyl groups is 1. The summed E-state index contributed by atoms with van der Waals surface area (Å²) in [5, 5.41) is 12.8. The number of morpholine rings is 1. The van der Waals surface area contributed by atoms with Gasteiger partial charge in [-0.05, 0) is 46.6 Å². The number of nitrogens with zero attached hydrogens (tertiary/aromatic N) is 1. The minimum Gasteiger partial charge on any atom is -0.393 e. The summed E-state index contributed by atoms with van der Waals surface area (Å²) in [5.74, 6) is 0.0900. The number of aliphatic hydroxyl groups excluding tert-OH is 1. The molecule has 5 nitrogen and oxygen atoms in total. The number of urea groups is 1. The first-order chi connectivity index (χ1) is 11.6. The lowest BCUT2D eigenvalue weighted by Crippen LogP contribution is -2.60. The van der Waals surface area contributed by atoms with Gasteiger partial charge in [-0.3, -0.25) is 0 Å². The van der Waals surface area contributed by atoms with Crippen LogP contribution in [-0.4, -0.2) is 53.0 Å². The van der Waals surface area contributed by atoms with Gasteiger partial charge in [-0.15, -0.1) is 0 Å². The van der Waals surface area contributed by atoms with Crippen LogP contribution in [0.2, 0.25) is 0 Å². The Balaban J connectivity index is 2.01. The molecule has 1 heterocycles. The van der Waals surface area contributed by atoms with E-state index in [2.05, 4.69) is 5.32 Å². The first-order valence-electron chi connectivity index (χ1n) is 9.04. The molecule has 2 atom stereocenters. The van der Waals surface area contributed by atoms with Gasteiger partial charge in [-0.25, -0.2) is 4.79 Å². The molecule has 1 aromatic carbocycles. The largest absolute Gasteiger partial charge is 0.393 e. The summed E-state index contributed by atoms with van der Waals surface area (Å²) in [5.41, 5.74) is 0.404. The fraction of sp³-hybridized carbons (Fsp3) is 0.650. The molecule has 2 N–H and O–H groups in total. The molecule has 25 heavy (non-hydrogen) atoms. The van der Waals surface area contributed by atoms with Crippen LogP contribution in [0.3, 0.4) is 0 Å². The molecule has 1 fully saturated rings. The van der Waals surface area contributed by atoms with Crippen LogP contribution in [0.4, 0.5) is 4.79 Å². The molecule has 0 unspecified atom stereocenters. The summed E-state index contributed by atoms with van der Waals surface area (Å²) >= 11 is 0. The van der Waals surface area contributed by atoms with Crippen molar-refractivity contribution < 1.29 is 14.6 Å². The number of hydrogen-bond acceptors (Lipinski definition) is 3. The first kappa shape index (κ1) is 19.7. The number of nitrogens with one attached hydrogen (secondary N) is 1. The predicted molar refractivity (Wildman–Crippen MR) is 99.7 cm³/mol. The third-order valence-corrected chi connectivity index (χ3v) is 4.38. The van der Waals surface area contributed by atoms with Crippen LogP contribution in [0.15, 0.2) is 30.3 Å². The lowest BCUT2D eigenvalue weighted by molar-refractivity contribution is -0.170. The Kier molecular flexibility index (Phi) is 6.12. The second-order valence-corrected chi connectivity index (χ2v) is 8.36. The van der Waals surface area contributed by atoms with Gasteiger partial charge in [0.15, 0.2) is 0 Å². The maximum Gasteiger partial charge on any atom is 0.317 e. The second kappa shape index (κ2) is 7.75. The molecule has 0 aromatic heterocycles. The average molecular weight is 348 g/mol. The smallest absolute Gasteiger partial charge is 0.317 e. The molecule has 5 heteroatoms. The van der Waals surface area contributed by atoms with Crippen molar-refractivity contribution in [3.63, 3.8) is 0 Å². The molecule has 1 saturated heterocycles.